The first-order valence-corrected chi connectivity index (χ1v) is 8.76. The molecule has 0 saturated carbocycles. The van der Waals surface area contributed by atoms with Crippen LogP contribution in [0.4, 0.5) is 17.2 Å². The van der Waals surface area contributed by atoms with E-state index in [2.05, 4.69) is 15.3 Å². The maximum absolute atomic E-state index is 6.19. The molecule has 5 nitrogen and oxygen atoms in total. The molecular formula is C18H15Cl3N4O. The van der Waals surface area contributed by atoms with Crippen molar-refractivity contribution in [3.8, 4) is 11.6 Å². The van der Waals surface area contributed by atoms with Crippen molar-refractivity contribution in [3.63, 3.8) is 0 Å². The molecule has 1 aromatic heterocycles. The average Bonchev–Trinajstić information content (AvgIpc) is 2.60. The summed E-state index contributed by atoms with van der Waals surface area (Å²) in [6.45, 7) is 3.80. The van der Waals surface area contributed by atoms with Crippen LogP contribution in [-0.2, 0) is 0 Å². The van der Waals surface area contributed by atoms with Gasteiger partial charge in [-0.15, -0.1) is 0 Å². The van der Waals surface area contributed by atoms with Crippen LogP contribution in [0, 0.1) is 13.8 Å². The summed E-state index contributed by atoms with van der Waals surface area (Å²) >= 11 is 18.4. The molecule has 134 valence electrons. The van der Waals surface area contributed by atoms with Gasteiger partial charge in [0.25, 0.3) is 0 Å². The van der Waals surface area contributed by atoms with Crippen molar-refractivity contribution in [1.82, 2.24) is 9.97 Å². The summed E-state index contributed by atoms with van der Waals surface area (Å²) in [4.78, 5) is 8.25. The van der Waals surface area contributed by atoms with Crippen LogP contribution in [0.3, 0.4) is 0 Å². The third-order valence-electron chi connectivity index (χ3n) is 3.68. The molecule has 0 saturated heterocycles. The molecule has 3 rings (SSSR count). The molecule has 1 heterocycles. The number of hydrogen-bond acceptors (Lipinski definition) is 5. The van der Waals surface area contributed by atoms with E-state index >= 15 is 0 Å². The van der Waals surface area contributed by atoms with Crippen LogP contribution in [-0.4, -0.2) is 9.97 Å². The number of nitrogens with zero attached hydrogens (tertiary/aromatic N) is 2. The number of aromatic nitrogens is 2. The fourth-order valence-corrected chi connectivity index (χ4v) is 2.82. The quantitative estimate of drug-likeness (QED) is 0.539. The van der Waals surface area contributed by atoms with Gasteiger partial charge < -0.3 is 15.8 Å². The number of ether oxygens (including phenoxy) is 1. The topological polar surface area (TPSA) is 73.1 Å². The van der Waals surface area contributed by atoms with Gasteiger partial charge in [-0.3, -0.25) is 0 Å². The summed E-state index contributed by atoms with van der Waals surface area (Å²) in [5.74, 6) is 1.17. The summed E-state index contributed by atoms with van der Waals surface area (Å²) in [6, 6.07) is 8.86. The maximum atomic E-state index is 6.19. The standard InChI is InChI=1S/C18H15Cl3N4O/c1-9-6-11(7-10(2)14(9)20)26-18-16(22)17(23-8-24-18)25-13-5-3-4-12(19)15(13)21/h3-8H,22H2,1-2H3,(H,23,24,25). The lowest BCUT2D eigenvalue weighted by atomic mass is 10.1. The van der Waals surface area contributed by atoms with Crippen LogP contribution in [0.25, 0.3) is 0 Å². The number of rotatable bonds is 4. The molecule has 0 spiro atoms. The van der Waals surface area contributed by atoms with Gasteiger partial charge in [0, 0.05) is 5.02 Å². The highest BCUT2D eigenvalue weighted by atomic mass is 35.5. The number of anilines is 3. The third-order valence-corrected chi connectivity index (χ3v) is 5.09. The van der Waals surface area contributed by atoms with E-state index in [9.17, 15) is 0 Å². The molecule has 8 heteroatoms. The molecule has 0 aliphatic rings. The van der Waals surface area contributed by atoms with Gasteiger partial charge in [-0.05, 0) is 49.2 Å². The molecule has 3 N–H and O–H groups in total. The molecule has 0 fully saturated rings. The lowest BCUT2D eigenvalue weighted by molar-refractivity contribution is 0.464. The van der Waals surface area contributed by atoms with E-state index in [4.69, 9.17) is 45.3 Å². The number of aryl methyl sites for hydroxylation is 2. The highest BCUT2D eigenvalue weighted by molar-refractivity contribution is 6.43. The Kier molecular flexibility index (Phi) is 5.41. The first-order chi connectivity index (χ1) is 12.4. The van der Waals surface area contributed by atoms with Gasteiger partial charge in [-0.2, -0.15) is 4.98 Å². The number of nitrogens with two attached hydrogens (primary N) is 1. The Bertz CT molecular complexity index is 956. The molecular weight excluding hydrogens is 395 g/mol. The second-order valence-corrected chi connectivity index (χ2v) is 6.80. The van der Waals surface area contributed by atoms with Gasteiger partial charge in [-0.25, -0.2) is 4.98 Å². The monoisotopic (exact) mass is 408 g/mol. The lowest BCUT2D eigenvalue weighted by Gasteiger charge is -2.14. The van der Waals surface area contributed by atoms with E-state index in [0.717, 1.165) is 11.1 Å². The van der Waals surface area contributed by atoms with Crippen molar-refractivity contribution in [2.75, 3.05) is 11.1 Å². The first-order valence-electron chi connectivity index (χ1n) is 7.63. The molecule has 0 bridgehead atoms. The Hall–Kier alpha value is -2.21. The van der Waals surface area contributed by atoms with Gasteiger partial charge in [0.1, 0.15) is 17.8 Å². The van der Waals surface area contributed by atoms with Crippen LogP contribution in [0.15, 0.2) is 36.7 Å². The number of hydrogen-bond donors (Lipinski definition) is 2. The predicted molar refractivity (Wildman–Crippen MR) is 107 cm³/mol. The summed E-state index contributed by atoms with van der Waals surface area (Å²) in [5, 5.41) is 4.54. The van der Waals surface area contributed by atoms with Gasteiger partial charge in [-0.1, -0.05) is 40.9 Å². The Balaban J connectivity index is 1.91. The normalized spacial score (nSPS) is 10.7. The van der Waals surface area contributed by atoms with E-state index in [1.165, 1.54) is 6.33 Å². The van der Waals surface area contributed by atoms with Gasteiger partial charge in [0.2, 0.25) is 5.88 Å². The van der Waals surface area contributed by atoms with E-state index in [0.29, 0.717) is 32.3 Å². The zero-order valence-corrected chi connectivity index (χ0v) is 16.2. The molecule has 26 heavy (non-hydrogen) atoms. The summed E-state index contributed by atoms with van der Waals surface area (Å²) in [7, 11) is 0. The predicted octanol–water partition coefficient (Wildman–Crippen LogP) is 6.17. The van der Waals surface area contributed by atoms with Crippen LogP contribution >= 0.6 is 34.8 Å². The average molecular weight is 410 g/mol. The number of nitrogen functional groups attached to an aromatic ring is 1. The molecule has 2 aromatic carbocycles. The van der Waals surface area contributed by atoms with Crippen molar-refractivity contribution in [2.45, 2.75) is 13.8 Å². The second-order valence-electron chi connectivity index (χ2n) is 5.64. The van der Waals surface area contributed by atoms with Gasteiger partial charge >= 0.3 is 0 Å². The molecule has 0 amide bonds. The first kappa shape index (κ1) is 18.6. The Morgan fingerprint density at radius 3 is 2.38 bits per heavy atom. The van der Waals surface area contributed by atoms with E-state index in [1.54, 1.807) is 18.2 Å². The van der Waals surface area contributed by atoms with E-state index in [1.807, 2.05) is 26.0 Å². The number of benzene rings is 2. The van der Waals surface area contributed by atoms with Crippen LogP contribution in [0.1, 0.15) is 11.1 Å². The minimum absolute atomic E-state index is 0.224. The number of nitrogens with one attached hydrogen (secondary N) is 1. The third kappa shape index (κ3) is 3.80. The van der Waals surface area contributed by atoms with Crippen LogP contribution in [0.2, 0.25) is 15.1 Å². The summed E-state index contributed by atoms with van der Waals surface area (Å²) in [6.07, 6.45) is 1.35. The molecule has 0 aliphatic heterocycles. The Labute approximate surface area is 166 Å². The zero-order valence-electron chi connectivity index (χ0n) is 14.0. The van der Waals surface area contributed by atoms with Crippen molar-refractivity contribution in [1.29, 1.82) is 0 Å². The maximum Gasteiger partial charge on any atom is 0.248 e. The van der Waals surface area contributed by atoms with Crippen LogP contribution < -0.4 is 15.8 Å². The fourth-order valence-electron chi connectivity index (χ4n) is 2.36. The lowest BCUT2D eigenvalue weighted by Crippen LogP contribution is -2.03. The van der Waals surface area contributed by atoms with E-state index < -0.39 is 0 Å². The minimum Gasteiger partial charge on any atom is -0.437 e. The molecule has 3 aromatic rings. The Morgan fingerprint density at radius 2 is 1.69 bits per heavy atom. The second kappa shape index (κ2) is 7.58. The highest BCUT2D eigenvalue weighted by Gasteiger charge is 2.14. The SMILES string of the molecule is Cc1cc(Oc2ncnc(Nc3cccc(Cl)c3Cl)c2N)cc(C)c1Cl. The van der Waals surface area contributed by atoms with Crippen molar-refractivity contribution < 1.29 is 4.74 Å². The molecule has 0 atom stereocenters. The van der Waals surface area contributed by atoms with Crippen LogP contribution in [0.5, 0.6) is 11.6 Å². The van der Waals surface area contributed by atoms with Gasteiger partial charge in [0.05, 0.1) is 15.7 Å². The zero-order chi connectivity index (χ0) is 18.8. The van der Waals surface area contributed by atoms with Crippen molar-refractivity contribution >= 4 is 52.0 Å². The molecule has 0 radical (unpaired) electrons. The van der Waals surface area contributed by atoms with Crippen molar-refractivity contribution in [2.24, 2.45) is 0 Å². The highest BCUT2D eigenvalue weighted by Crippen LogP contribution is 2.36. The van der Waals surface area contributed by atoms with Gasteiger partial charge in [0.15, 0.2) is 5.82 Å². The molecule has 0 unspecified atom stereocenters. The number of halogens is 3. The fraction of sp³-hybridized carbons (Fsp3) is 0.111. The summed E-state index contributed by atoms with van der Waals surface area (Å²) in [5.41, 5.74) is 8.78. The van der Waals surface area contributed by atoms with Crippen molar-refractivity contribution in [3.05, 3.63) is 62.9 Å². The summed E-state index contributed by atoms with van der Waals surface area (Å²) < 4.78 is 5.82. The smallest absolute Gasteiger partial charge is 0.248 e. The largest absolute Gasteiger partial charge is 0.437 e. The molecule has 0 aliphatic carbocycles. The Morgan fingerprint density at radius 1 is 1.00 bits per heavy atom. The van der Waals surface area contributed by atoms with E-state index in [-0.39, 0.29) is 11.6 Å². The minimum atomic E-state index is 0.224.